The summed E-state index contributed by atoms with van der Waals surface area (Å²) in [6.45, 7) is 2.05. The van der Waals surface area contributed by atoms with Crippen molar-refractivity contribution in [2.24, 2.45) is 0 Å². The van der Waals surface area contributed by atoms with Crippen LogP contribution in [0.1, 0.15) is 5.56 Å². The van der Waals surface area contributed by atoms with Crippen molar-refractivity contribution < 1.29 is 4.79 Å². The minimum absolute atomic E-state index is 0.545. The molecular formula is C11H17NOS. The lowest BCUT2D eigenvalue weighted by molar-refractivity contribution is -0.105. The SMILES string of the molecule is CNC.Cc1ccc(SCC=O)cc1. The molecule has 0 fully saturated rings. The number of thioether (sulfide) groups is 1. The number of hydrogen-bond donors (Lipinski definition) is 1. The monoisotopic (exact) mass is 211 g/mol. The first-order valence-electron chi connectivity index (χ1n) is 4.46. The van der Waals surface area contributed by atoms with Crippen LogP contribution < -0.4 is 5.32 Å². The summed E-state index contributed by atoms with van der Waals surface area (Å²) in [6, 6.07) is 8.16. The van der Waals surface area contributed by atoms with E-state index in [0.717, 1.165) is 11.2 Å². The fourth-order valence-corrected chi connectivity index (χ4v) is 1.35. The van der Waals surface area contributed by atoms with E-state index in [4.69, 9.17) is 0 Å². The molecule has 2 nitrogen and oxygen atoms in total. The van der Waals surface area contributed by atoms with Gasteiger partial charge in [-0.15, -0.1) is 11.8 Å². The number of nitrogens with one attached hydrogen (secondary N) is 1. The van der Waals surface area contributed by atoms with Gasteiger partial charge in [0, 0.05) is 4.90 Å². The maximum Gasteiger partial charge on any atom is 0.130 e. The second kappa shape index (κ2) is 8.78. The summed E-state index contributed by atoms with van der Waals surface area (Å²) in [5.41, 5.74) is 1.25. The molecule has 3 heteroatoms. The summed E-state index contributed by atoms with van der Waals surface area (Å²) < 4.78 is 0. The Balaban J connectivity index is 0.000000500. The van der Waals surface area contributed by atoms with Crippen LogP contribution in [0.25, 0.3) is 0 Å². The molecule has 0 aliphatic carbocycles. The van der Waals surface area contributed by atoms with E-state index in [1.807, 2.05) is 45.3 Å². The molecule has 0 saturated carbocycles. The van der Waals surface area contributed by atoms with Crippen molar-refractivity contribution in [1.82, 2.24) is 5.32 Å². The third-order valence-electron chi connectivity index (χ3n) is 1.34. The van der Waals surface area contributed by atoms with E-state index in [-0.39, 0.29) is 0 Å². The van der Waals surface area contributed by atoms with Crippen molar-refractivity contribution in [2.75, 3.05) is 19.8 Å². The van der Waals surface area contributed by atoms with Crippen LogP contribution in [0.5, 0.6) is 0 Å². The molecule has 78 valence electrons. The van der Waals surface area contributed by atoms with Gasteiger partial charge in [0.2, 0.25) is 0 Å². The quantitative estimate of drug-likeness (QED) is 0.613. The Hall–Kier alpha value is -0.800. The van der Waals surface area contributed by atoms with Gasteiger partial charge in [0.05, 0.1) is 5.75 Å². The molecule has 0 saturated heterocycles. The fourth-order valence-electron chi connectivity index (χ4n) is 0.765. The summed E-state index contributed by atoms with van der Waals surface area (Å²) in [6.07, 6.45) is 0.921. The molecule has 0 bridgehead atoms. The molecule has 0 unspecified atom stereocenters. The van der Waals surface area contributed by atoms with Crippen molar-refractivity contribution in [1.29, 1.82) is 0 Å². The lowest BCUT2D eigenvalue weighted by Gasteiger charge is -1.96. The number of carbonyl (C=O) groups excluding carboxylic acids is 1. The summed E-state index contributed by atoms with van der Waals surface area (Å²) >= 11 is 1.56. The van der Waals surface area contributed by atoms with Crippen LogP contribution in [0.2, 0.25) is 0 Å². The van der Waals surface area contributed by atoms with Gasteiger partial charge in [-0.2, -0.15) is 0 Å². The minimum Gasteiger partial charge on any atom is -0.323 e. The van der Waals surface area contributed by atoms with E-state index < -0.39 is 0 Å². The van der Waals surface area contributed by atoms with E-state index in [9.17, 15) is 4.79 Å². The van der Waals surface area contributed by atoms with E-state index in [1.165, 1.54) is 5.56 Å². The molecule has 1 aromatic rings. The molecule has 0 spiro atoms. The van der Waals surface area contributed by atoms with Crippen molar-refractivity contribution in [3.63, 3.8) is 0 Å². The predicted molar refractivity (Wildman–Crippen MR) is 63.0 cm³/mol. The van der Waals surface area contributed by atoms with Crippen LogP contribution in [0.3, 0.4) is 0 Å². The Morgan fingerprint density at radius 3 is 2.21 bits per heavy atom. The van der Waals surface area contributed by atoms with Crippen LogP contribution in [-0.2, 0) is 4.79 Å². The zero-order chi connectivity index (χ0) is 10.8. The van der Waals surface area contributed by atoms with Crippen LogP contribution >= 0.6 is 11.8 Å². The molecule has 1 aromatic carbocycles. The molecule has 14 heavy (non-hydrogen) atoms. The molecule has 0 aliphatic rings. The molecular weight excluding hydrogens is 194 g/mol. The van der Waals surface area contributed by atoms with Crippen LogP contribution in [-0.4, -0.2) is 26.1 Å². The first-order chi connectivity index (χ1) is 6.74. The minimum atomic E-state index is 0.545. The van der Waals surface area contributed by atoms with Gasteiger partial charge >= 0.3 is 0 Å². The van der Waals surface area contributed by atoms with Crippen molar-refractivity contribution in [3.05, 3.63) is 29.8 Å². The topological polar surface area (TPSA) is 29.1 Å². The lowest BCUT2D eigenvalue weighted by atomic mass is 10.2. The maximum absolute atomic E-state index is 10.0. The molecule has 0 atom stereocenters. The van der Waals surface area contributed by atoms with Gasteiger partial charge in [-0.1, -0.05) is 17.7 Å². The van der Waals surface area contributed by atoms with Gasteiger partial charge in [-0.3, -0.25) is 0 Å². The van der Waals surface area contributed by atoms with Crippen LogP contribution in [0.15, 0.2) is 29.2 Å². The fraction of sp³-hybridized carbons (Fsp3) is 0.364. The van der Waals surface area contributed by atoms with Gasteiger partial charge in [0.1, 0.15) is 6.29 Å². The zero-order valence-corrected chi connectivity index (χ0v) is 9.73. The highest BCUT2D eigenvalue weighted by molar-refractivity contribution is 7.99. The highest BCUT2D eigenvalue weighted by Crippen LogP contribution is 2.16. The number of aryl methyl sites for hydroxylation is 1. The standard InChI is InChI=1S/C9H10OS.C2H7N/c1-8-2-4-9(5-3-8)11-7-6-10;1-3-2/h2-6H,7H2,1H3;3H,1-2H3. The molecule has 0 aliphatic heterocycles. The lowest BCUT2D eigenvalue weighted by Crippen LogP contribution is -1.89. The number of aldehydes is 1. The molecule has 0 aromatic heterocycles. The number of rotatable bonds is 3. The number of hydrogen-bond acceptors (Lipinski definition) is 3. The Morgan fingerprint density at radius 2 is 1.79 bits per heavy atom. The van der Waals surface area contributed by atoms with E-state index in [2.05, 4.69) is 5.32 Å². The summed E-state index contributed by atoms with van der Waals surface area (Å²) in [4.78, 5) is 11.2. The second-order valence-corrected chi connectivity index (χ2v) is 3.88. The Morgan fingerprint density at radius 1 is 1.29 bits per heavy atom. The Bertz CT molecular complexity index is 246. The van der Waals surface area contributed by atoms with E-state index in [1.54, 1.807) is 11.8 Å². The first kappa shape index (κ1) is 13.2. The van der Waals surface area contributed by atoms with Gasteiger partial charge in [-0.05, 0) is 33.2 Å². The third-order valence-corrected chi connectivity index (χ3v) is 2.25. The van der Waals surface area contributed by atoms with Gasteiger partial charge in [-0.25, -0.2) is 0 Å². The highest BCUT2D eigenvalue weighted by Gasteiger charge is 1.90. The largest absolute Gasteiger partial charge is 0.323 e. The predicted octanol–water partition coefficient (Wildman–Crippen LogP) is 2.12. The average Bonchev–Trinajstić information content (AvgIpc) is 2.18. The third kappa shape index (κ3) is 6.69. The second-order valence-electron chi connectivity index (χ2n) is 2.79. The van der Waals surface area contributed by atoms with Crippen LogP contribution in [0.4, 0.5) is 0 Å². The normalized spacial score (nSPS) is 8.79. The van der Waals surface area contributed by atoms with Crippen molar-refractivity contribution >= 4 is 18.0 Å². The molecule has 0 amide bonds. The number of carbonyl (C=O) groups is 1. The summed E-state index contributed by atoms with van der Waals surface area (Å²) in [5, 5.41) is 2.75. The van der Waals surface area contributed by atoms with Gasteiger partial charge in [0.15, 0.2) is 0 Å². The zero-order valence-electron chi connectivity index (χ0n) is 8.91. The smallest absolute Gasteiger partial charge is 0.130 e. The van der Waals surface area contributed by atoms with Gasteiger partial charge < -0.3 is 10.1 Å². The van der Waals surface area contributed by atoms with E-state index >= 15 is 0 Å². The van der Waals surface area contributed by atoms with Gasteiger partial charge in [0.25, 0.3) is 0 Å². The average molecular weight is 211 g/mol. The maximum atomic E-state index is 10.0. The first-order valence-corrected chi connectivity index (χ1v) is 5.44. The summed E-state index contributed by atoms with van der Waals surface area (Å²) in [5.74, 6) is 0.545. The number of benzene rings is 1. The Kier molecular flexibility index (Phi) is 8.28. The molecule has 0 radical (unpaired) electrons. The van der Waals surface area contributed by atoms with E-state index in [0.29, 0.717) is 5.75 Å². The molecule has 1 rings (SSSR count). The van der Waals surface area contributed by atoms with Crippen LogP contribution in [0, 0.1) is 6.92 Å². The molecule has 0 heterocycles. The highest BCUT2D eigenvalue weighted by atomic mass is 32.2. The van der Waals surface area contributed by atoms with Crippen molar-refractivity contribution in [3.8, 4) is 0 Å². The van der Waals surface area contributed by atoms with Crippen molar-refractivity contribution in [2.45, 2.75) is 11.8 Å². The Labute approximate surface area is 90.1 Å². The molecule has 1 N–H and O–H groups in total. The summed E-state index contributed by atoms with van der Waals surface area (Å²) in [7, 11) is 3.75.